The summed E-state index contributed by atoms with van der Waals surface area (Å²) in [5.41, 5.74) is 0.223. The highest BCUT2D eigenvalue weighted by Crippen LogP contribution is 2.26. The van der Waals surface area contributed by atoms with E-state index in [9.17, 15) is 24.6 Å². The Bertz CT molecular complexity index is 608. The van der Waals surface area contributed by atoms with Crippen molar-refractivity contribution >= 4 is 23.5 Å². The molecule has 0 fully saturated rings. The molecule has 1 N–H and O–H groups in total. The maximum atomic E-state index is 12.2. The van der Waals surface area contributed by atoms with Crippen molar-refractivity contribution in [3.05, 3.63) is 42.0 Å². The lowest BCUT2D eigenvalue weighted by Gasteiger charge is -2.28. The van der Waals surface area contributed by atoms with Crippen molar-refractivity contribution in [3.8, 4) is 0 Å². The van der Waals surface area contributed by atoms with Crippen molar-refractivity contribution in [1.82, 2.24) is 0 Å². The van der Waals surface area contributed by atoms with Gasteiger partial charge in [-0.05, 0) is 30.5 Å². The average molecular weight is 287 g/mol. The molecule has 1 aliphatic rings. The second kappa shape index (κ2) is 6.21. The van der Waals surface area contributed by atoms with E-state index in [0.717, 1.165) is 0 Å². The second-order valence-electron chi connectivity index (χ2n) is 4.83. The fraction of sp³-hybridized carbons (Fsp3) is 0.267. The summed E-state index contributed by atoms with van der Waals surface area (Å²) in [5, 5.41) is 24.4. The minimum atomic E-state index is -1.35. The largest absolute Gasteiger partial charge is 0.550 e. The standard InChI is InChI=1S/C15H15NO5/c17-13(11-6-1-2-7-12(11)15(20)21)16-10-5-3-4-9(8-10)14(18)19/h1-5,8,11-12H,6-7H2,(H,16,17)(H,18,19)(H,20,21)/p-2/t11-,12-/m1/s1. The number of carbonyl (C=O) groups excluding carboxylic acids is 3. The number of hydrogen-bond acceptors (Lipinski definition) is 5. The summed E-state index contributed by atoms with van der Waals surface area (Å²) in [6, 6.07) is 5.60. The molecule has 1 aromatic carbocycles. The van der Waals surface area contributed by atoms with Gasteiger partial charge in [-0.3, -0.25) is 4.79 Å². The Hall–Kier alpha value is -2.63. The van der Waals surface area contributed by atoms with Crippen molar-refractivity contribution in [2.75, 3.05) is 5.32 Å². The van der Waals surface area contributed by atoms with E-state index in [4.69, 9.17) is 0 Å². The molecular formula is C15H13NO5-2. The van der Waals surface area contributed by atoms with Crippen molar-refractivity contribution in [2.24, 2.45) is 11.8 Å². The van der Waals surface area contributed by atoms with Crippen LogP contribution in [0.15, 0.2) is 36.4 Å². The van der Waals surface area contributed by atoms with Gasteiger partial charge in [0.2, 0.25) is 5.91 Å². The molecule has 0 saturated carbocycles. The van der Waals surface area contributed by atoms with E-state index in [2.05, 4.69) is 5.32 Å². The molecule has 2 rings (SSSR count). The van der Waals surface area contributed by atoms with Crippen LogP contribution in [0.1, 0.15) is 23.2 Å². The van der Waals surface area contributed by atoms with Crippen LogP contribution in [-0.2, 0) is 9.59 Å². The summed E-state index contributed by atoms with van der Waals surface area (Å²) in [4.78, 5) is 34.0. The maximum Gasteiger partial charge on any atom is 0.228 e. The van der Waals surface area contributed by atoms with Crippen LogP contribution in [0.2, 0.25) is 0 Å². The Morgan fingerprint density at radius 2 is 1.71 bits per heavy atom. The molecule has 21 heavy (non-hydrogen) atoms. The molecule has 1 aliphatic carbocycles. The highest BCUT2D eigenvalue weighted by Gasteiger charge is 2.29. The number of amides is 1. The lowest BCUT2D eigenvalue weighted by atomic mass is 9.82. The fourth-order valence-corrected chi connectivity index (χ4v) is 2.32. The zero-order chi connectivity index (χ0) is 15.4. The molecule has 0 heterocycles. The zero-order valence-electron chi connectivity index (χ0n) is 11.1. The van der Waals surface area contributed by atoms with Gasteiger partial charge in [-0.15, -0.1) is 0 Å². The van der Waals surface area contributed by atoms with Crippen LogP contribution in [0.4, 0.5) is 5.69 Å². The van der Waals surface area contributed by atoms with Crippen molar-refractivity contribution in [1.29, 1.82) is 0 Å². The molecule has 6 heteroatoms. The SMILES string of the molecule is O=C([O-])c1cccc(NC(=O)[C@@H]2CC=CC[C@H]2C(=O)[O-])c1. The first-order valence-electron chi connectivity index (χ1n) is 6.47. The van der Waals surface area contributed by atoms with Gasteiger partial charge in [0.15, 0.2) is 0 Å². The molecule has 1 amide bonds. The van der Waals surface area contributed by atoms with Crippen LogP contribution in [0.5, 0.6) is 0 Å². The summed E-state index contributed by atoms with van der Waals surface area (Å²) in [6.45, 7) is 0. The van der Waals surface area contributed by atoms with Gasteiger partial charge in [0.25, 0.3) is 0 Å². The molecule has 0 radical (unpaired) electrons. The summed E-state index contributed by atoms with van der Waals surface area (Å²) >= 11 is 0. The first-order chi connectivity index (χ1) is 9.99. The van der Waals surface area contributed by atoms with E-state index < -0.39 is 29.7 Å². The van der Waals surface area contributed by atoms with E-state index in [1.54, 1.807) is 12.2 Å². The topological polar surface area (TPSA) is 109 Å². The first-order valence-corrected chi connectivity index (χ1v) is 6.47. The van der Waals surface area contributed by atoms with Gasteiger partial charge < -0.3 is 25.1 Å². The number of hydrogen-bond donors (Lipinski definition) is 1. The molecule has 0 aromatic heterocycles. The van der Waals surface area contributed by atoms with E-state index >= 15 is 0 Å². The highest BCUT2D eigenvalue weighted by molar-refractivity contribution is 5.96. The average Bonchev–Trinajstić information content (AvgIpc) is 2.47. The molecule has 0 aliphatic heterocycles. The summed E-state index contributed by atoms with van der Waals surface area (Å²) in [7, 11) is 0. The van der Waals surface area contributed by atoms with Crippen LogP contribution < -0.4 is 15.5 Å². The van der Waals surface area contributed by atoms with E-state index in [1.165, 1.54) is 24.3 Å². The molecule has 0 unspecified atom stereocenters. The van der Waals surface area contributed by atoms with Crippen LogP contribution in [0.3, 0.4) is 0 Å². The number of nitrogens with one attached hydrogen (secondary N) is 1. The van der Waals surface area contributed by atoms with E-state index in [-0.39, 0.29) is 17.7 Å². The molecule has 6 nitrogen and oxygen atoms in total. The van der Waals surface area contributed by atoms with Crippen molar-refractivity contribution in [3.63, 3.8) is 0 Å². The van der Waals surface area contributed by atoms with Gasteiger partial charge in [-0.2, -0.15) is 0 Å². The quantitative estimate of drug-likeness (QED) is 0.738. The number of carboxylic acids is 2. The molecule has 1 aromatic rings. The number of aromatic carboxylic acids is 1. The highest BCUT2D eigenvalue weighted by atomic mass is 16.4. The Labute approximate surface area is 121 Å². The Kier molecular flexibility index (Phi) is 4.37. The van der Waals surface area contributed by atoms with Gasteiger partial charge in [-0.25, -0.2) is 0 Å². The minimum Gasteiger partial charge on any atom is -0.550 e. The van der Waals surface area contributed by atoms with Crippen molar-refractivity contribution in [2.45, 2.75) is 12.8 Å². The Balaban J connectivity index is 2.13. The van der Waals surface area contributed by atoms with E-state index in [1.807, 2.05) is 0 Å². The lowest BCUT2D eigenvalue weighted by molar-refractivity contribution is -0.313. The number of benzene rings is 1. The predicted molar refractivity (Wildman–Crippen MR) is 69.8 cm³/mol. The molecule has 110 valence electrons. The number of rotatable bonds is 4. The van der Waals surface area contributed by atoms with E-state index in [0.29, 0.717) is 6.42 Å². The monoisotopic (exact) mass is 287 g/mol. The van der Waals surface area contributed by atoms with Crippen LogP contribution in [0.25, 0.3) is 0 Å². The first kappa shape index (κ1) is 14.8. The normalized spacial score (nSPS) is 20.8. The van der Waals surface area contributed by atoms with Crippen molar-refractivity contribution < 1.29 is 24.6 Å². The third-order valence-electron chi connectivity index (χ3n) is 3.44. The van der Waals surface area contributed by atoms with Gasteiger partial charge in [-0.1, -0.05) is 24.3 Å². The molecular weight excluding hydrogens is 274 g/mol. The second-order valence-corrected chi connectivity index (χ2v) is 4.83. The maximum absolute atomic E-state index is 12.2. The molecule has 0 saturated heterocycles. The molecule has 0 bridgehead atoms. The third kappa shape index (κ3) is 3.47. The summed E-state index contributed by atoms with van der Waals surface area (Å²) in [5.74, 6) is -4.68. The summed E-state index contributed by atoms with van der Waals surface area (Å²) in [6.07, 6.45) is 4.02. The predicted octanol–water partition coefficient (Wildman–Crippen LogP) is -0.679. The number of allylic oxidation sites excluding steroid dienone is 2. The summed E-state index contributed by atoms with van der Waals surface area (Å²) < 4.78 is 0. The zero-order valence-corrected chi connectivity index (χ0v) is 11.1. The van der Waals surface area contributed by atoms with Crippen LogP contribution in [-0.4, -0.2) is 17.8 Å². The number of anilines is 1. The smallest absolute Gasteiger partial charge is 0.228 e. The van der Waals surface area contributed by atoms with Crippen LogP contribution in [0, 0.1) is 11.8 Å². The number of carboxylic acid groups (broad SMARTS) is 2. The van der Waals surface area contributed by atoms with Crippen LogP contribution >= 0.6 is 0 Å². The van der Waals surface area contributed by atoms with Gasteiger partial charge in [0.05, 0.1) is 11.9 Å². The number of carbonyl (C=O) groups is 3. The van der Waals surface area contributed by atoms with Gasteiger partial charge in [0, 0.05) is 17.6 Å². The van der Waals surface area contributed by atoms with Gasteiger partial charge in [0.1, 0.15) is 0 Å². The van der Waals surface area contributed by atoms with Gasteiger partial charge >= 0.3 is 0 Å². The Morgan fingerprint density at radius 3 is 2.33 bits per heavy atom. The third-order valence-corrected chi connectivity index (χ3v) is 3.44. The number of aliphatic carboxylic acids is 1. The lowest BCUT2D eigenvalue weighted by Crippen LogP contribution is -2.41. The fourth-order valence-electron chi connectivity index (χ4n) is 2.32. The molecule has 2 atom stereocenters. The minimum absolute atomic E-state index is 0.0622. The Morgan fingerprint density at radius 1 is 1.05 bits per heavy atom. The molecule has 0 spiro atoms.